The maximum atomic E-state index is 13.0. The summed E-state index contributed by atoms with van der Waals surface area (Å²) in [6.07, 6.45) is -1.46. The lowest BCUT2D eigenvalue weighted by Gasteiger charge is -2.28. The fourth-order valence-corrected chi connectivity index (χ4v) is 4.70. The Labute approximate surface area is 214 Å². The van der Waals surface area contributed by atoms with E-state index in [1.54, 1.807) is 63.6 Å². The largest absolute Gasteiger partial charge is 0.443 e. The fourth-order valence-electron chi connectivity index (χ4n) is 3.76. The van der Waals surface area contributed by atoms with E-state index in [9.17, 15) is 26.4 Å². The number of alkyl halides is 3. The van der Waals surface area contributed by atoms with Gasteiger partial charge in [-0.15, -0.1) is 0 Å². The molecule has 1 aromatic carbocycles. The molecular formula is C25H31F3N4O4S. The summed E-state index contributed by atoms with van der Waals surface area (Å²) in [6, 6.07) is 9.04. The van der Waals surface area contributed by atoms with Crippen LogP contribution in [0.4, 0.5) is 18.0 Å². The molecule has 0 atom stereocenters. The van der Waals surface area contributed by atoms with Crippen molar-refractivity contribution in [2.75, 3.05) is 20.6 Å². The Morgan fingerprint density at radius 2 is 1.70 bits per heavy atom. The molecule has 0 radical (unpaired) electrons. The van der Waals surface area contributed by atoms with Gasteiger partial charge >= 0.3 is 22.5 Å². The van der Waals surface area contributed by atoms with Crippen molar-refractivity contribution in [2.45, 2.75) is 51.9 Å². The van der Waals surface area contributed by atoms with Crippen LogP contribution in [0.5, 0.6) is 0 Å². The molecule has 0 N–H and O–H groups in total. The number of hydrogen-bond donors (Lipinski definition) is 0. The average Bonchev–Trinajstić information content (AvgIpc) is 3.13. The number of amides is 1. The van der Waals surface area contributed by atoms with E-state index in [0.717, 1.165) is 15.4 Å². The Hall–Kier alpha value is -3.12. The summed E-state index contributed by atoms with van der Waals surface area (Å²) in [7, 11) is -1.57. The van der Waals surface area contributed by atoms with Crippen LogP contribution in [-0.2, 0) is 27.9 Å². The second-order valence-electron chi connectivity index (χ2n) is 9.77. The first-order valence-electron chi connectivity index (χ1n) is 11.6. The predicted molar refractivity (Wildman–Crippen MR) is 135 cm³/mol. The molecule has 12 heteroatoms. The minimum atomic E-state index is -4.34. The summed E-state index contributed by atoms with van der Waals surface area (Å²) in [4.78, 5) is 16.8. The SMILES string of the molecule is CN(C)S(=O)(=O)N(CCc1cn(CCC(F)(F)F)c2cc(-c3ccncc3)ccc12)C(=O)OC(C)(C)C. The van der Waals surface area contributed by atoms with Crippen LogP contribution in [0.1, 0.15) is 32.8 Å². The lowest BCUT2D eigenvalue weighted by atomic mass is 10.0. The molecule has 0 aliphatic heterocycles. The molecule has 3 rings (SSSR count). The van der Waals surface area contributed by atoms with Crippen molar-refractivity contribution in [1.82, 2.24) is 18.2 Å². The van der Waals surface area contributed by atoms with Gasteiger partial charge in [-0.3, -0.25) is 4.98 Å². The number of halogens is 3. The maximum absolute atomic E-state index is 13.0. The molecular weight excluding hydrogens is 509 g/mol. The number of carbonyl (C=O) groups excluding carboxylic acids is 1. The van der Waals surface area contributed by atoms with Gasteiger partial charge in [0, 0.05) is 56.7 Å². The van der Waals surface area contributed by atoms with Crippen LogP contribution in [0.2, 0.25) is 0 Å². The number of aromatic nitrogens is 2. The monoisotopic (exact) mass is 540 g/mol. The van der Waals surface area contributed by atoms with Crippen molar-refractivity contribution in [1.29, 1.82) is 0 Å². The Morgan fingerprint density at radius 1 is 1.05 bits per heavy atom. The molecule has 0 saturated carbocycles. The number of aryl methyl sites for hydroxylation is 1. The Kier molecular flexibility index (Phi) is 8.23. The summed E-state index contributed by atoms with van der Waals surface area (Å²) in [5.74, 6) is 0. The molecule has 0 fully saturated rings. The first-order valence-corrected chi connectivity index (χ1v) is 13.0. The van der Waals surface area contributed by atoms with E-state index >= 15 is 0 Å². The van der Waals surface area contributed by atoms with Crippen molar-refractivity contribution in [3.8, 4) is 11.1 Å². The van der Waals surface area contributed by atoms with Crippen molar-refractivity contribution in [2.24, 2.45) is 0 Å². The van der Waals surface area contributed by atoms with Gasteiger partial charge in [-0.1, -0.05) is 12.1 Å². The zero-order valence-corrected chi connectivity index (χ0v) is 22.2. The molecule has 3 aromatic rings. The number of pyridine rings is 1. The third kappa shape index (κ3) is 7.22. The van der Waals surface area contributed by atoms with Crippen LogP contribution in [0.15, 0.2) is 48.9 Å². The third-order valence-corrected chi connectivity index (χ3v) is 7.35. The average molecular weight is 541 g/mol. The summed E-state index contributed by atoms with van der Waals surface area (Å²) in [5.41, 5.74) is 1.93. The van der Waals surface area contributed by atoms with Gasteiger partial charge in [0.25, 0.3) is 0 Å². The second kappa shape index (κ2) is 10.7. The molecule has 0 aliphatic carbocycles. The van der Waals surface area contributed by atoms with Crippen molar-refractivity contribution in [3.63, 3.8) is 0 Å². The van der Waals surface area contributed by atoms with Crippen molar-refractivity contribution >= 4 is 27.2 Å². The first-order chi connectivity index (χ1) is 17.1. The Balaban J connectivity index is 2.00. The van der Waals surface area contributed by atoms with Crippen molar-refractivity contribution in [3.05, 3.63) is 54.5 Å². The molecule has 37 heavy (non-hydrogen) atoms. The summed E-state index contributed by atoms with van der Waals surface area (Å²) in [5, 5.41) is 0.673. The first kappa shape index (κ1) is 28.5. The molecule has 1 amide bonds. The zero-order valence-electron chi connectivity index (χ0n) is 21.4. The summed E-state index contributed by atoms with van der Waals surface area (Å²) >= 11 is 0. The highest BCUT2D eigenvalue weighted by molar-refractivity contribution is 7.87. The molecule has 0 aliphatic rings. The third-order valence-electron chi connectivity index (χ3n) is 5.54. The number of hydrogen-bond acceptors (Lipinski definition) is 5. The summed E-state index contributed by atoms with van der Waals surface area (Å²) < 4.78 is 73.2. The lowest BCUT2D eigenvalue weighted by Crippen LogP contribution is -2.46. The van der Waals surface area contributed by atoms with Crippen molar-refractivity contribution < 1.29 is 31.1 Å². The Morgan fingerprint density at radius 3 is 2.27 bits per heavy atom. The molecule has 8 nitrogen and oxygen atoms in total. The van der Waals surface area contributed by atoms with E-state index in [1.165, 1.54) is 18.7 Å². The van der Waals surface area contributed by atoms with Crippen LogP contribution in [-0.4, -0.2) is 65.1 Å². The van der Waals surface area contributed by atoms with Gasteiger partial charge in [0.15, 0.2) is 0 Å². The van der Waals surface area contributed by atoms with Crippen LogP contribution in [0.25, 0.3) is 22.0 Å². The van der Waals surface area contributed by atoms with Gasteiger partial charge in [-0.2, -0.15) is 30.2 Å². The zero-order chi connectivity index (χ0) is 27.6. The second-order valence-corrected chi connectivity index (χ2v) is 11.8. The van der Waals surface area contributed by atoms with E-state index in [2.05, 4.69) is 4.98 Å². The Bertz CT molecular complexity index is 1350. The number of carbonyl (C=O) groups is 1. The van der Waals surface area contributed by atoms with E-state index in [0.29, 0.717) is 20.8 Å². The van der Waals surface area contributed by atoms with Crippen LogP contribution < -0.4 is 0 Å². The number of fused-ring (bicyclic) bond motifs is 1. The van der Waals surface area contributed by atoms with Gasteiger partial charge in [-0.25, -0.2) is 4.79 Å². The number of ether oxygens (including phenoxy) is 1. The molecule has 0 spiro atoms. The molecule has 2 heterocycles. The van der Waals surface area contributed by atoms with E-state index in [-0.39, 0.29) is 19.5 Å². The van der Waals surface area contributed by atoms with Gasteiger partial charge in [0.1, 0.15) is 5.60 Å². The predicted octanol–water partition coefficient (Wildman–Crippen LogP) is 5.24. The van der Waals surface area contributed by atoms with E-state index in [1.807, 2.05) is 6.07 Å². The lowest BCUT2D eigenvalue weighted by molar-refractivity contribution is -0.136. The van der Waals surface area contributed by atoms with Gasteiger partial charge < -0.3 is 9.30 Å². The number of rotatable bonds is 8. The standard InChI is InChI=1S/C25H31F3N4O4S/c1-24(2,3)36-23(33)32(37(34,35)30(4)5)14-10-20-17-31(15-11-25(26,27)28)22-16-19(6-7-21(20)22)18-8-12-29-13-9-18/h6-9,12-13,16-17H,10-11,14-15H2,1-5H3. The van der Waals surface area contributed by atoms with Gasteiger partial charge in [0.05, 0.1) is 6.42 Å². The van der Waals surface area contributed by atoms with E-state index < -0.39 is 34.5 Å². The summed E-state index contributed by atoms with van der Waals surface area (Å²) in [6.45, 7) is 4.32. The molecule has 2 aromatic heterocycles. The normalized spacial score (nSPS) is 12.8. The molecule has 202 valence electrons. The number of benzene rings is 1. The topological polar surface area (TPSA) is 84.7 Å². The minimum absolute atomic E-state index is 0.0798. The smallest absolute Gasteiger partial charge is 0.425 e. The molecule has 0 saturated heterocycles. The minimum Gasteiger partial charge on any atom is -0.443 e. The van der Waals surface area contributed by atoms with Crippen LogP contribution in [0, 0.1) is 0 Å². The highest BCUT2D eigenvalue weighted by atomic mass is 32.2. The highest BCUT2D eigenvalue weighted by Gasteiger charge is 2.33. The maximum Gasteiger partial charge on any atom is 0.425 e. The van der Waals surface area contributed by atoms with Crippen LogP contribution >= 0.6 is 0 Å². The van der Waals surface area contributed by atoms with Crippen LogP contribution in [0.3, 0.4) is 0 Å². The quantitative estimate of drug-likeness (QED) is 0.390. The van der Waals surface area contributed by atoms with E-state index in [4.69, 9.17) is 4.74 Å². The molecule has 0 bridgehead atoms. The van der Waals surface area contributed by atoms with Gasteiger partial charge in [-0.05, 0) is 62.1 Å². The number of nitrogens with zero attached hydrogens (tertiary/aromatic N) is 4. The van der Waals surface area contributed by atoms with Gasteiger partial charge in [0.2, 0.25) is 0 Å². The fraction of sp³-hybridized carbons (Fsp3) is 0.440. The highest BCUT2D eigenvalue weighted by Crippen LogP contribution is 2.30. The molecule has 0 unspecified atom stereocenters.